The number of nitrogens with zero attached hydrogens (tertiary/aromatic N) is 3. The van der Waals surface area contributed by atoms with Crippen molar-refractivity contribution in [2.45, 2.75) is 19.9 Å². The molecule has 4 rings (SSSR count). The number of hydrogen-bond donors (Lipinski definition) is 1. The zero-order valence-corrected chi connectivity index (χ0v) is 17.4. The molecule has 2 heterocycles. The van der Waals surface area contributed by atoms with Crippen LogP contribution in [0.5, 0.6) is 0 Å². The molecular formula is C24H19N3O5. The first kappa shape index (κ1) is 20.9. The van der Waals surface area contributed by atoms with Crippen molar-refractivity contribution in [2.75, 3.05) is 4.90 Å². The molecular weight excluding hydrogens is 410 g/mol. The fourth-order valence-electron chi connectivity index (χ4n) is 3.79. The van der Waals surface area contributed by atoms with Crippen molar-refractivity contribution in [1.29, 1.82) is 0 Å². The number of pyridine rings is 1. The summed E-state index contributed by atoms with van der Waals surface area (Å²) in [5, 5.41) is 22.0. The number of amides is 1. The highest BCUT2D eigenvalue weighted by molar-refractivity contribution is 6.51. The number of Topliss-reactive ketones (excluding diaryl/α,β-unsaturated/α-hetero) is 1. The lowest BCUT2D eigenvalue weighted by molar-refractivity contribution is -0.384. The molecule has 8 nitrogen and oxygen atoms in total. The minimum absolute atomic E-state index is 0.122. The molecule has 1 atom stereocenters. The number of aliphatic hydroxyl groups excluding tert-OH is 1. The second-order valence-electron chi connectivity index (χ2n) is 7.45. The predicted octanol–water partition coefficient (Wildman–Crippen LogP) is 4.23. The van der Waals surface area contributed by atoms with Gasteiger partial charge in [-0.2, -0.15) is 0 Å². The molecule has 1 aromatic heterocycles. The number of aryl methyl sites for hydroxylation is 1. The van der Waals surface area contributed by atoms with Crippen molar-refractivity contribution in [3.8, 4) is 0 Å². The van der Waals surface area contributed by atoms with E-state index in [9.17, 15) is 24.8 Å². The first-order chi connectivity index (χ1) is 15.3. The zero-order chi connectivity index (χ0) is 23.0. The van der Waals surface area contributed by atoms with Crippen molar-refractivity contribution >= 4 is 28.8 Å². The number of anilines is 1. The van der Waals surface area contributed by atoms with Gasteiger partial charge in [-0.3, -0.25) is 29.6 Å². The van der Waals surface area contributed by atoms with E-state index in [1.165, 1.54) is 29.2 Å². The Hall–Kier alpha value is -4.33. The van der Waals surface area contributed by atoms with Gasteiger partial charge in [0, 0.05) is 29.6 Å². The molecule has 160 valence electrons. The summed E-state index contributed by atoms with van der Waals surface area (Å²) in [6.07, 6.45) is 1.55. The number of non-ortho nitro benzene ring substituents is 1. The molecule has 0 radical (unpaired) electrons. The van der Waals surface area contributed by atoms with Crippen molar-refractivity contribution in [1.82, 2.24) is 4.98 Å². The molecule has 0 bridgehead atoms. The number of hydrogen-bond acceptors (Lipinski definition) is 6. The Balaban J connectivity index is 1.94. The lowest BCUT2D eigenvalue weighted by atomic mass is 9.97. The highest BCUT2D eigenvalue weighted by Gasteiger charge is 2.48. The largest absolute Gasteiger partial charge is 0.507 e. The number of aromatic nitrogens is 1. The fraction of sp³-hybridized carbons (Fsp3) is 0.125. The van der Waals surface area contributed by atoms with E-state index in [2.05, 4.69) is 4.98 Å². The predicted molar refractivity (Wildman–Crippen MR) is 118 cm³/mol. The summed E-state index contributed by atoms with van der Waals surface area (Å²) < 4.78 is 0. The Bertz CT molecular complexity index is 1270. The quantitative estimate of drug-likeness (QED) is 0.218. The zero-order valence-electron chi connectivity index (χ0n) is 17.4. The molecule has 0 aliphatic carbocycles. The molecule has 3 aromatic rings. The maximum atomic E-state index is 13.2. The molecule has 1 saturated heterocycles. The van der Waals surface area contributed by atoms with Crippen LogP contribution in [0.15, 0.2) is 72.4 Å². The molecule has 32 heavy (non-hydrogen) atoms. The summed E-state index contributed by atoms with van der Waals surface area (Å²) in [5.41, 5.74) is 2.64. The van der Waals surface area contributed by atoms with Gasteiger partial charge in [0.15, 0.2) is 0 Å². The van der Waals surface area contributed by atoms with Crippen molar-refractivity contribution in [2.24, 2.45) is 0 Å². The van der Waals surface area contributed by atoms with E-state index < -0.39 is 28.4 Å². The number of ketones is 1. The van der Waals surface area contributed by atoms with E-state index >= 15 is 0 Å². The molecule has 1 unspecified atom stereocenters. The van der Waals surface area contributed by atoms with Crippen LogP contribution in [-0.4, -0.2) is 26.7 Å². The number of benzene rings is 2. The van der Waals surface area contributed by atoms with Gasteiger partial charge < -0.3 is 5.11 Å². The third-order valence-electron chi connectivity index (χ3n) is 5.60. The number of nitro benzene ring substituents is 1. The first-order valence-electron chi connectivity index (χ1n) is 9.84. The van der Waals surface area contributed by atoms with Crippen LogP contribution < -0.4 is 4.90 Å². The molecule has 0 spiro atoms. The van der Waals surface area contributed by atoms with Crippen molar-refractivity contribution in [3.05, 3.63) is 105 Å². The van der Waals surface area contributed by atoms with Crippen molar-refractivity contribution in [3.63, 3.8) is 0 Å². The minimum Gasteiger partial charge on any atom is -0.507 e. The lowest BCUT2D eigenvalue weighted by Crippen LogP contribution is -2.30. The maximum absolute atomic E-state index is 13.2. The molecule has 1 aliphatic rings. The number of carbonyl (C=O) groups excluding carboxylic acids is 2. The van der Waals surface area contributed by atoms with Gasteiger partial charge in [0.1, 0.15) is 11.8 Å². The van der Waals surface area contributed by atoms with Crippen LogP contribution in [-0.2, 0) is 9.59 Å². The van der Waals surface area contributed by atoms with E-state index in [4.69, 9.17) is 0 Å². The van der Waals surface area contributed by atoms with E-state index in [0.717, 1.165) is 11.1 Å². The third-order valence-corrected chi connectivity index (χ3v) is 5.60. The topological polar surface area (TPSA) is 114 Å². The number of carbonyl (C=O) groups is 2. The summed E-state index contributed by atoms with van der Waals surface area (Å²) in [4.78, 5) is 42.4. The average Bonchev–Trinajstić information content (AvgIpc) is 3.06. The van der Waals surface area contributed by atoms with Gasteiger partial charge in [0.05, 0.1) is 16.2 Å². The Labute approximate surface area is 183 Å². The Morgan fingerprint density at radius 3 is 2.38 bits per heavy atom. The van der Waals surface area contributed by atoms with Crippen LogP contribution in [0.25, 0.3) is 5.76 Å². The maximum Gasteiger partial charge on any atom is 0.300 e. The normalized spacial score (nSPS) is 17.6. The number of aliphatic hydroxyl groups is 1. The molecule has 1 aliphatic heterocycles. The summed E-state index contributed by atoms with van der Waals surface area (Å²) in [7, 11) is 0. The number of nitro groups is 1. The molecule has 1 amide bonds. The summed E-state index contributed by atoms with van der Waals surface area (Å²) in [6.45, 7) is 3.76. The van der Waals surface area contributed by atoms with Crippen molar-refractivity contribution < 1.29 is 19.6 Å². The van der Waals surface area contributed by atoms with Crippen LogP contribution >= 0.6 is 0 Å². The fourth-order valence-corrected chi connectivity index (χ4v) is 3.79. The number of rotatable bonds is 4. The molecule has 1 N–H and O–H groups in total. The van der Waals surface area contributed by atoms with E-state index in [-0.39, 0.29) is 16.8 Å². The molecule has 2 aromatic carbocycles. The highest BCUT2D eigenvalue weighted by Crippen LogP contribution is 2.42. The van der Waals surface area contributed by atoms with Crippen LogP contribution in [0.1, 0.15) is 28.4 Å². The monoisotopic (exact) mass is 429 g/mol. The van der Waals surface area contributed by atoms with Gasteiger partial charge in [0.2, 0.25) is 0 Å². The molecule has 1 fully saturated rings. The van der Waals surface area contributed by atoms with Gasteiger partial charge in [-0.1, -0.05) is 18.2 Å². The molecule has 8 heteroatoms. The Morgan fingerprint density at radius 1 is 1.03 bits per heavy atom. The van der Waals surface area contributed by atoms with Crippen LogP contribution in [0, 0.1) is 24.0 Å². The van der Waals surface area contributed by atoms with Crippen LogP contribution in [0.2, 0.25) is 0 Å². The van der Waals surface area contributed by atoms with Crippen LogP contribution in [0.3, 0.4) is 0 Å². The summed E-state index contributed by atoms with van der Waals surface area (Å²) in [6, 6.07) is 14.8. The Kier molecular flexibility index (Phi) is 5.28. The average molecular weight is 429 g/mol. The highest BCUT2D eigenvalue weighted by atomic mass is 16.6. The van der Waals surface area contributed by atoms with Crippen LogP contribution in [0.4, 0.5) is 11.4 Å². The smallest absolute Gasteiger partial charge is 0.300 e. The standard InChI is InChI=1S/C24H19N3O5/c1-14-6-5-8-19(15(14)2)26-21(18-7-3-4-13-25-18)20(23(29)24(26)30)22(28)16-9-11-17(12-10-16)27(31)32/h3-13,21,28H,1-2H3/b22-20+. The second-order valence-corrected chi connectivity index (χ2v) is 7.45. The van der Waals surface area contributed by atoms with Gasteiger partial charge in [-0.15, -0.1) is 0 Å². The minimum atomic E-state index is -0.952. The van der Waals surface area contributed by atoms with Gasteiger partial charge in [-0.25, -0.2) is 0 Å². The van der Waals surface area contributed by atoms with E-state index in [0.29, 0.717) is 11.4 Å². The van der Waals surface area contributed by atoms with Gasteiger partial charge in [-0.05, 0) is 55.3 Å². The summed E-state index contributed by atoms with van der Waals surface area (Å²) in [5.74, 6) is -2.04. The first-order valence-corrected chi connectivity index (χ1v) is 9.84. The van der Waals surface area contributed by atoms with E-state index in [1.54, 1.807) is 36.5 Å². The van der Waals surface area contributed by atoms with E-state index in [1.807, 2.05) is 19.9 Å². The third kappa shape index (κ3) is 3.41. The van der Waals surface area contributed by atoms with Gasteiger partial charge >= 0.3 is 0 Å². The summed E-state index contributed by atoms with van der Waals surface area (Å²) >= 11 is 0. The van der Waals surface area contributed by atoms with Gasteiger partial charge in [0.25, 0.3) is 17.4 Å². The lowest BCUT2D eigenvalue weighted by Gasteiger charge is -2.26. The Morgan fingerprint density at radius 2 is 1.75 bits per heavy atom. The second kappa shape index (κ2) is 8.07. The SMILES string of the molecule is Cc1cccc(N2C(=O)C(=O)/C(=C(/O)c3ccc([N+](=O)[O-])cc3)C2c2ccccn2)c1C. The molecule has 0 saturated carbocycles.